The normalized spacial score (nSPS) is 23.6. The Labute approximate surface area is 93.7 Å². The molecule has 1 aliphatic carbocycles. The molecule has 2 rings (SSSR count). The quantitative estimate of drug-likeness (QED) is 0.723. The largest absolute Gasteiger partial charge is 0.388 e. The van der Waals surface area contributed by atoms with Gasteiger partial charge in [-0.1, -0.05) is 43.1 Å². The monoisotopic (exact) mass is 230 g/mol. The summed E-state index contributed by atoms with van der Waals surface area (Å²) >= 11 is 12.0. The third kappa shape index (κ3) is 1.35. The Hall–Kier alpha value is -0.240. The molecule has 1 aliphatic rings. The van der Waals surface area contributed by atoms with Crippen LogP contribution in [0.25, 0.3) is 0 Å². The number of rotatable bonds is 0. The molecule has 0 bridgehead atoms. The number of benzene rings is 1. The van der Waals surface area contributed by atoms with Gasteiger partial charge in [0.25, 0.3) is 0 Å². The number of aliphatic hydroxyl groups is 1. The maximum Gasteiger partial charge on any atom is 0.0847 e. The van der Waals surface area contributed by atoms with Gasteiger partial charge in [-0.2, -0.15) is 0 Å². The molecule has 0 aliphatic heterocycles. The van der Waals surface area contributed by atoms with E-state index in [-0.39, 0.29) is 5.41 Å². The summed E-state index contributed by atoms with van der Waals surface area (Å²) in [6.45, 7) is 4.06. The summed E-state index contributed by atoms with van der Waals surface area (Å²) in [5.74, 6) is 0. The van der Waals surface area contributed by atoms with Crippen molar-refractivity contribution in [2.75, 3.05) is 0 Å². The average Bonchev–Trinajstić information content (AvgIpc) is 2.33. The van der Waals surface area contributed by atoms with E-state index in [1.807, 2.05) is 19.9 Å². The van der Waals surface area contributed by atoms with Crippen LogP contribution in [0.15, 0.2) is 12.1 Å². The summed E-state index contributed by atoms with van der Waals surface area (Å²) in [7, 11) is 0. The minimum Gasteiger partial charge on any atom is -0.388 e. The molecule has 0 fully saturated rings. The summed E-state index contributed by atoms with van der Waals surface area (Å²) in [6, 6.07) is 3.61. The number of hydrogen-bond donors (Lipinski definition) is 1. The van der Waals surface area contributed by atoms with Crippen molar-refractivity contribution in [2.24, 2.45) is 5.41 Å². The van der Waals surface area contributed by atoms with Gasteiger partial charge in [-0.25, -0.2) is 0 Å². The zero-order valence-corrected chi connectivity index (χ0v) is 9.65. The van der Waals surface area contributed by atoms with Gasteiger partial charge in [0, 0.05) is 0 Å². The topological polar surface area (TPSA) is 20.2 Å². The third-order valence-corrected chi connectivity index (χ3v) is 3.74. The van der Waals surface area contributed by atoms with E-state index in [2.05, 4.69) is 0 Å². The highest BCUT2D eigenvalue weighted by atomic mass is 35.5. The van der Waals surface area contributed by atoms with Crippen LogP contribution in [-0.4, -0.2) is 5.11 Å². The third-order valence-electron chi connectivity index (χ3n) is 2.90. The lowest BCUT2D eigenvalue weighted by Gasteiger charge is -2.22. The van der Waals surface area contributed by atoms with E-state index in [1.165, 1.54) is 0 Å². The minimum atomic E-state index is -0.438. The van der Waals surface area contributed by atoms with Crippen molar-refractivity contribution in [2.45, 2.75) is 26.4 Å². The lowest BCUT2D eigenvalue weighted by atomic mass is 9.88. The maximum absolute atomic E-state index is 10.0. The zero-order chi connectivity index (χ0) is 10.5. The molecular formula is C11H12Cl2O. The molecule has 1 aromatic carbocycles. The summed E-state index contributed by atoms with van der Waals surface area (Å²) in [5, 5.41) is 11.2. The molecule has 1 N–H and O–H groups in total. The zero-order valence-electron chi connectivity index (χ0n) is 8.14. The van der Waals surface area contributed by atoms with E-state index in [4.69, 9.17) is 23.2 Å². The van der Waals surface area contributed by atoms with Gasteiger partial charge in [-0.3, -0.25) is 0 Å². The van der Waals surface area contributed by atoms with Gasteiger partial charge < -0.3 is 5.11 Å². The van der Waals surface area contributed by atoms with Crippen LogP contribution in [0.2, 0.25) is 10.0 Å². The highest BCUT2D eigenvalue weighted by molar-refractivity contribution is 6.42. The van der Waals surface area contributed by atoms with E-state index in [0.717, 1.165) is 17.5 Å². The van der Waals surface area contributed by atoms with Crippen molar-refractivity contribution < 1.29 is 5.11 Å². The van der Waals surface area contributed by atoms with E-state index >= 15 is 0 Å². The lowest BCUT2D eigenvalue weighted by Crippen LogP contribution is -2.16. The molecule has 0 radical (unpaired) electrons. The number of halogens is 2. The Morgan fingerprint density at radius 2 is 2.00 bits per heavy atom. The number of aliphatic hydroxyl groups excluding tert-OH is 1. The second-order valence-electron chi connectivity index (χ2n) is 4.50. The molecule has 1 unspecified atom stereocenters. The van der Waals surface area contributed by atoms with Crippen molar-refractivity contribution in [3.05, 3.63) is 33.3 Å². The van der Waals surface area contributed by atoms with Crippen molar-refractivity contribution >= 4 is 23.2 Å². The van der Waals surface area contributed by atoms with Crippen molar-refractivity contribution in [3.63, 3.8) is 0 Å². The number of hydrogen-bond acceptors (Lipinski definition) is 1. The molecule has 0 saturated heterocycles. The van der Waals surface area contributed by atoms with E-state index in [9.17, 15) is 5.11 Å². The molecule has 1 nitrogen and oxygen atoms in total. The summed E-state index contributed by atoms with van der Waals surface area (Å²) in [6.07, 6.45) is 0.343. The molecule has 0 saturated carbocycles. The van der Waals surface area contributed by atoms with Gasteiger partial charge >= 0.3 is 0 Å². The van der Waals surface area contributed by atoms with Crippen LogP contribution >= 0.6 is 23.2 Å². The van der Waals surface area contributed by atoms with Crippen LogP contribution in [0.1, 0.15) is 31.1 Å². The Morgan fingerprint density at radius 1 is 1.36 bits per heavy atom. The van der Waals surface area contributed by atoms with Crippen LogP contribution in [-0.2, 0) is 6.42 Å². The summed E-state index contributed by atoms with van der Waals surface area (Å²) < 4.78 is 0. The van der Waals surface area contributed by atoms with Gasteiger partial charge in [0.15, 0.2) is 0 Å². The molecule has 0 amide bonds. The van der Waals surface area contributed by atoms with Gasteiger partial charge in [-0.15, -0.1) is 0 Å². The molecule has 1 atom stereocenters. The fourth-order valence-corrected chi connectivity index (χ4v) is 2.43. The molecule has 0 aromatic heterocycles. The van der Waals surface area contributed by atoms with E-state index < -0.39 is 6.10 Å². The van der Waals surface area contributed by atoms with Gasteiger partial charge in [0.2, 0.25) is 0 Å². The van der Waals surface area contributed by atoms with Gasteiger partial charge in [-0.05, 0) is 29.0 Å². The van der Waals surface area contributed by atoms with Crippen LogP contribution in [0.5, 0.6) is 0 Å². The molecule has 76 valence electrons. The molecular weight excluding hydrogens is 219 g/mol. The first-order valence-corrected chi connectivity index (χ1v) is 5.34. The first-order chi connectivity index (χ1) is 6.43. The van der Waals surface area contributed by atoms with E-state index in [0.29, 0.717) is 10.0 Å². The Kier molecular flexibility index (Phi) is 2.30. The second-order valence-corrected chi connectivity index (χ2v) is 5.28. The van der Waals surface area contributed by atoms with Crippen molar-refractivity contribution in [1.82, 2.24) is 0 Å². The summed E-state index contributed by atoms with van der Waals surface area (Å²) in [5.41, 5.74) is 1.78. The van der Waals surface area contributed by atoms with Gasteiger partial charge in [0.1, 0.15) is 0 Å². The fraction of sp³-hybridized carbons (Fsp3) is 0.455. The smallest absolute Gasteiger partial charge is 0.0847 e. The van der Waals surface area contributed by atoms with Crippen LogP contribution in [0, 0.1) is 5.41 Å². The molecule has 3 heteroatoms. The predicted molar refractivity (Wildman–Crippen MR) is 58.9 cm³/mol. The first-order valence-electron chi connectivity index (χ1n) is 4.58. The minimum absolute atomic E-state index is 0.142. The highest BCUT2D eigenvalue weighted by Crippen LogP contribution is 2.48. The highest BCUT2D eigenvalue weighted by Gasteiger charge is 2.39. The average molecular weight is 231 g/mol. The molecule has 14 heavy (non-hydrogen) atoms. The Bertz CT molecular complexity index is 385. The van der Waals surface area contributed by atoms with Crippen LogP contribution in [0.4, 0.5) is 0 Å². The van der Waals surface area contributed by atoms with E-state index in [1.54, 1.807) is 6.07 Å². The second kappa shape index (κ2) is 3.13. The predicted octanol–water partition coefficient (Wildman–Crippen LogP) is 3.61. The fourth-order valence-electron chi connectivity index (χ4n) is 2.02. The molecule has 0 spiro atoms. The molecule has 0 heterocycles. The SMILES string of the molecule is CC1(C)Cc2c(ccc(Cl)c2Cl)C1O. The van der Waals surface area contributed by atoms with Crippen molar-refractivity contribution in [1.29, 1.82) is 0 Å². The number of fused-ring (bicyclic) bond motifs is 1. The summed E-state index contributed by atoms with van der Waals surface area (Å²) in [4.78, 5) is 0. The standard InChI is InChI=1S/C11H12Cl2O/c1-11(2)5-7-6(10(11)14)3-4-8(12)9(7)13/h3-4,10,14H,5H2,1-2H3. The van der Waals surface area contributed by atoms with Crippen molar-refractivity contribution in [3.8, 4) is 0 Å². The maximum atomic E-state index is 10.0. The Morgan fingerprint density at radius 3 is 2.64 bits per heavy atom. The Balaban J connectivity index is 2.59. The molecule has 1 aromatic rings. The van der Waals surface area contributed by atoms with Crippen LogP contribution in [0.3, 0.4) is 0 Å². The van der Waals surface area contributed by atoms with Crippen LogP contribution < -0.4 is 0 Å². The van der Waals surface area contributed by atoms with Gasteiger partial charge in [0.05, 0.1) is 16.1 Å². The lowest BCUT2D eigenvalue weighted by molar-refractivity contribution is 0.0666. The first kappa shape index (κ1) is 10.3.